The minimum absolute atomic E-state index is 0.154. The Balaban J connectivity index is 1.64. The van der Waals surface area contributed by atoms with E-state index in [2.05, 4.69) is 20.2 Å². The van der Waals surface area contributed by atoms with Crippen LogP contribution in [-0.2, 0) is 7.05 Å². The van der Waals surface area contributed by atoms with E-state index in [-0.39, 0.29) is 5.91 Å². The number of hydrogen-bond acceptors (Lipinski definition) is 6. The minimum Gasteiger partial charge on any atom is -0.418 e. The van der Waals surface area contributed by atoms with Gasteiger partial charge >= 0.3 is 0 Å². The van der Waals surface area contributed by atoms with Crippen molar-refractivity contribution in [3.63, 3.8) is 0 Å². The van der Waals surface area contributed by atoms with E-state index in [0.29, 0.717) is 35.8 Å². The number of carbonyl (C=O) groups is 1. The zero-order chi connectivity index (χ0) is 17.4. The summed E-state index contributed by atoms with van der Waals surface area (Å²) < 4.78 is 7.38. The summed E-state index contributed by atoms with van der Waals surface area (Å²) in [5.74, 6) is 1.71. The third kappa shape index (κ3) is 2.79. The molecule has 1 fully saturated rings. The van der Waals surface area contributed by atoms with Crippen LogP contribution in [0.4, 0.5) is 5.69 Å². The van der Waals surface area contributed by atoms with Gasteiger partial charge in [-0.1, -0.05) is 0 Å². The van der Waals surface area contributed by atoms with Crippen molar-refractivity contribution in [1.29, 1.82) is 0 Å². The molecule has 0 bridgehead atoms. The molecule has 1 amide bonds. The molecule has 4 rings (SSSR count). The first-order chi connectivity index (χ1) is 12.2. The number of nitrogens with zero attached hydrogens (tertiary/aromatic N) is 6. The second kappa shape index (κ2) is 6.12. The number of amides is 1. The number of rotatable bonds is 5. The summed E-state index contributed by atoms with van der Waals surface area (Å²) in [5.41, 5.74) is 1.19. The molecule has 3 heterocycles. The van der Waals surface area contributed by atoms with Gasteiger partial charge in [0, 0.05) is 25.7 Å². The van der Waals surface area contributed by atoms with Crippen LogP contribution in [0.3, 0.4) is 0 Å². The van der Waals surface area contributed by atoms with Crippen LogP contribution in [0.15, 0.2) is 35.1 Å². The normalized spacial score (nSPS) is 13.8. The molecule has 0 N–H and O–H groups in total. The highest BCUT2D eigenvalue weighted by Crippen LogP contribution is 2.39. The molecule has 128 valence electrons. The van der Waals surface area contributed by atoms with Crippen LogP contribution in [0.5, 0.6) is 0 Å². The van der Waals surface area contributed by atoms with E-state index in [1.54, 1.807) is 35.0 Å². The zero-order valence-electron chi connectivity index (χ0n) is 14.1. The lowest BCUT2D eigenvalue weighted by Gasteiger charge is -2.20. The SMILES string of the molecule is CCN(C(=O)c1cnc(-c2nnc(C3CC3)o2)n1C)c1cccnc1. The van der Waals surface area contributed by atoms with E-state index < -0.39 is 0 Å². The Bertz CT molecular complexity index is 897. The average Bonchev–Trinajstić information content (AvgIpc) is 3.24. The molecule has 8 heteroatoms. The van der Waals surface area contributed by atoms with E-state index in [1.807, 2.05) is 13.0 Å². The third-order valence-electron chi connectivity index (χ3n) is 4.28. The summed E-state index contributed by atoms with van der Waals surface area (Å²) in [5, 5.41) is 8.14. The number of pyridine rings is 1. The van der Waals surface area contributed by atoms with E-state index in [1.165, 1.54) is 6.20 Å². The maximum Gasteiger partial charge on any atom is 0.283 e. The van der Waals surface area contributed by atoms with Gasteiger partial charge in [-0.05, 0) is 31.9 Å². The van der Waals surface area contributed by atoms with Crippen molar-refractivity contribution in [3.8, 4) is 11.7 Å². The van der Waals surface area contributed by atoms with Crippen molar-refractivity contribution < 1.29 is 9.21 Å². The van der Waals surface area contributed by atoms with Gasteiger partial charge in [-0.3, -0.25) is 9.78 Å². The van der Waals surface area contributed by atoms with Gasteiger partial charge in [0.25, 0.3) is 11.8 Å². The summed E-state index contributed by atoms with van der Waals surface area (Å²) in [4.78, 5) is 23.0. The zero-order valence-corrected chi connectivity index (χ0v) is 14.1. The molecular formula is C17H18N6O2. The van der Waals surface area contributed by atoms with Gasteiger partial charge in [0.1, 0.15) is 5.69 Å². The Morgan fingerprint density at radius 1 is 1.36 bits per heavy atom. The van der Waals surface area contributed by atoms with Gasteiger partial charge in [-0.15, -0.1) is 10.2 Å². The lowest BCUT2D eigenvalue weighted by atomic mass is 10.3. The average molecular weight is 338 g/mol. The van der Waals surface area contributed by atoms with Crippen LogP contribution in [0.2, 0.25) is 0 Å². The fourth-order valence-corrected chi connectivity index (χ4v) is 2.72. The molecule has 3 aromatic heterocycles. The van der Waals surface area contributed by atoms with Gasteiger partial charge in [0.05, 0.1) is 18.1 Å². The molecule has 0 spiro atoms. The summed E-state index contributed by atoms with van der Waals surface area (Å²) in [7, 11) is 1.77. The molecule has 1 saturated carbocycles. The first-order valence-electron chi connectivity index (χ1n) is 8.26. The molecule has 0 atom stereocenters. The summed E-state index contributed by atoms with van der Waals surface area (Å²) >= 11 is 0. The van der Waals surface area contributed by atoms with Crippen LogP contribution >= 0.6 is 0 Å². The quantitative estimate of drug-likeness (QED) is 0.709. The second-order valence-electron chi connectivity index (χ2n) is 6.01. The number of carbonyl (C=O) groups excluding carboxylic acids is 1. The lowest BCUT2D eigenvalue weighted by molar-refractivity contribution is 0.0980. The molecule has 0 saturated heterocycles. The topological polar surface area (TPSA) is 89.9 Å². The smallest absolute Gasteiger partial charge is 0.283 e. The Labute approximate surface area is 144 Å². The molecule has 0 aromatic carbocycles. The summed E-state index contributed by atoms with van der Waals surface area (Å²) in [6.45, 7) is 2.44. The summed E-state index contributed by atoms with van der Waals surface area (Å²) in [6.07, 6.45) is 7.05. The fourth-order valence-electron chi connectivity index (χ4n) is 2.72. The van der Waals surface area contributed by atoms with Gasteiger partial charge in [0.2, 0.25) is 5.89 Å². The van der Waals surface area contributed by atoms with Crippen LogP contribution < -0.4 is 4.90 Å². The van der Waals surface area contributed by atoms with E-state index >= 15 is 0 Å². The molecule has 3 aromatic rings. The predicted octanol–water partition coefficient (Wildman–Crippen LogP) is 2.41. The van der Waals surface area contributed by atoms with Gasteiger partial charge < -0.3 is 13.9 Å². The molecule has 0 radical (unpaired) electrons. The maximum absolute atomic E-state index is 12.9. The molecule has 1 aliphatic rings. The van der Waals surface area contributed by atoms with E-state index in [0.717, 1.165) is 18.5 Å². The largest absolute Gasteiger partial charge is 0.418 e. The lowest BCUT2D eigenvalue weighted by Crippen LogP contribution is -2.32. The van der Waals surface area contributed by atoms with Crippen molar-refractivity contribution in [1.82, 2.24) is 24.7 Å². The van der Waals surface area contributed by atoms with Crippen molar-refractivity contribution in [2.45, 2.75) is 25.7 Å². The van der Waals surface area contributed by atoms with Crippen LogP contribution in [0.1, 0.15) is 42.1 Å². The Hall–Kier alpha value is -3.03. The molecule has 25 heavy (non-hydrogen) atoms. The van der Waals surface area contributed by atoms with Crippen molar-refractivity contribution in [2.24, 2.45) is 7.05 Å². The second-order valence-corrected chi connectivity index (χ2v) is 6.01. The maximum atomic E-state index is 12.9. The van der Waals surface area contributed by atoms with Crippen LogP contribution in [-0.4, -0.2) is 37.2 Å². The van der Waals surface area contributed by atoms with Gasteiger partial charge in [-0.25, -0.2) is 4.98 Å². The standard InChI is InChI=1S/C17H18N6O2/c1-3-23(12-5-4-8-18-9-12)17(24)13-10-19-14(22(13)2)16-21-20-15(25-16)11-6-7-11/h4-5,8-11H,3,6-7H2,1-2H3. The van der Waals surface area contributed by atoms with Gasteiger partial charge in [-0.2, -0.15) is 0 Å². The van der Waals surface area contributed by atoms with Crippen molar-refractivity contribution >= 4 is 11.6 Å². The number of anilines is 1. The number of hydrogen-bond donors (Lipinski definition) is 0. The number of aromatic nitrogens is 5. The summed E-state index contributed by atoms with van der Waals surface area (Å²) in [6, 6.07) is 3.66. The molecule has 0 aliphatic heterocycles. The first-order valence-corrected chi connectivity index (χ1v) is 8.26. The first kappa shape index (κ1) is 15.5. The minimum atomic E-state index is -0.154. The van der Waals surface area contributed by atoms with Gasteiger partial charge in [0.15, 0.2) is 5.82 Å². The molecular weight excluding hydrogens is 320 g/mol. The molecule has 8 nitrogen and oxygen atoms in total. The predicted molar refractivity (Wildman–Crippen MR) is 90.1 cm³/mol. The Morgan fingerprint density at radius 3 is 2.88 bits per heavy atom. The van der Waals surface area contributed by atoms with Crippen LogP contribution in [0, 0.1) is 0 Å². The van der Waals surface area contributed by atoms with Crippen LogP contribution in [0.25, 0.3) is 11.7 Å². The monoisotopic (exact) mass is 338 g/mol. The Morgan fingerprint density at radius 2 is 2.20 bits per heavy atom. The Kier molecular flexibility index (Phi) is 3.79. The van der Waals surface area contributed by atoms with Crippen molar-refractivity contribution in [3.05, 3.63) is 42.3 Å². The van der Waals surface area contributed by atoms with E-state index in [9.17, 15) is 4.79 Å². The number of imidazole rings is 1. The highest BCUT2D eigenvalue weighted by atomic mass is 16.4. The van der Waals surface area contributed by atoms with Crippen molar-refractivity contribution in [2.75, 3.05) is 11.4 Å². The highest BCUT2D eigenvalue weighted by Gasteiger charge is 2.30. The highest BCUT2D eigenvalue weighted by molar-refractivity contribution is 6.05. The third-order valence-corrected chi connectivity index (χ3v) is 4.28. The fraction of sp³-hybridized carbons (Fsp3) is 0.353. The molecule has 0 unspecified atom stereocenters. The van der Waals surface area contributed by atoms with E-state index in [4.69, 9.17) is 4.42 Å². The molecule has 1 aliphatic carbocycles.